The first kappa shape index (κ1) is 23.4. The predicted octanol–water partition coefficient (Wildman–Crippen LogP) is 3.40. The van der Waals surface area contributed by atoms with E-state index in [-0.39, 0.29) is 29.0 Å². The number of ketones is 2. The number of carbonyl (C=O) groups excluding carboxylic acids is 2. The number of benzene rings is 1. The van der Waals surface area contributed by atoms with E-state index in [0.717, 1.165) is 0 Å². The van der Waals surface area contributed by atoms with Gasteiger partial charge in [0.1, 0.15) is 23.4 Å². The van der Waals surface area contributed by atoms with E-state index in [4.69, 9.17) is 10.00 Å². The Bertz CT molecular complexity index is 842. The minimum atomic E-state index is -0.930. The van der Waals surface area contributed by atoms with Crippen molar-refractivity contribution in [3.05, 3.63) is 29.8 Å². The molecule has 2 aliphatic carbocycles. The quantitative estimate of drug-likeness (QED) is 0.746. The maximum Gasteiger partial charge on any atom is 0.174 e. The molecule has 0 amide bonds. The Morgan fingerprint density at radius 3 is 1.94 bits per heavy atom. The van der Waals surface area contributed by atoms with E-state index >= 15 is 0 Å². The molecule has 0 saturated heterocycles. The number of carbonyl (C=O) groups is 2. The molecule has 1 aromatic carbocycles. The number of hydrogen-bond donors (Lipinski definition) is 2. The van der Waals surface area contributed by atoms with Crippen molar-refractivity contribution in [2.45, 2.75) is 71.5 Å². The molecular formula is C25H33NO5. The van der Waals surface area contributed by atoms with Gasteiger partial charge in [0.05, 0.1) is 24.0 Å². The van der Waals surface area contributed by atoms with Gasteiger partial charge in [0.15, 0.2) is 6.61 Å². The molecule has 3 rings (SSSR count). The van der Waals surface area contributed by atoms with Crippen molar-refractivity contribution in [1.82, 2.24) is 0 Å². The molecule has 2 fully saturated rings. The lowest BCUT2D eigenvalue weighted by Crippen LogP contribution is -2.51. The number of nitriles is 1. The average molecular weight is 428 g/mol. The fourth-order valence-corrected chi connectivity index (χ4v) is 5.63. The smallest absolute Gasteiger partial charge is 0.174 e. The lowest BCUT2D eigenvalue weighted by Gasteiger charge is -2.46. The number of nitrogens with zero attached hydrogens (tertiary/aromatic N) is 1. The Balaban J connectivity index is 2.11. The fourth-order valence-electron chi connectivity index (χ4n) is 5.63. The molecule has 1 unspecified atom stereocenters. The number of ether oxygens (including phenoxy) is 1. The summed E-state index contributed by atoms with van der Waals surface area (Å²) in [7, 11) is 0. The monoisotopic (exact) mass is 427 g/mol. The van der Waals surface area contributed by atoms with Crippen molar-refractivity contribution in [1.29, 1.82) is 5.26 Å². The van der Waals surface area contributed by atoms with Gasteiger partial charge in [-0.2, -0.15) is 5.26 Å². The zero-order valence-electron chi connectivity index (χ0n) is 18.8. The van der Waals surface area contributed by atoms with Crippen molar-refractivity contribution in [3.63, 3.8) is 0 Å². The first-order chi connectivity index (χ1) is 14.5. The van der Waals surface area contributed by atoms with E-state index in [2.05, 4.69) is 0 Å². The second kappa shape index (κ2) is 8.72. The van der Waals surface area contributed by atoms with E-state index < -0.39 is 30.0 Å². The van der Waals surface area contributed by atoms with E-state index in [1.54, 1.807) is 24.3 Å². The van der Waals surface area contributed by atoms with Crippen LogP contribution in [0.4, 0.5) is 0 Å². The molecular weight excluding hydrogens is 394 g/mol. The van der Waals surface area contributed by atoms with Gasteiger partial charge in [0.2, 0.25) is 0 Å². The van der Waals surface area contributed by atoms with Crippen LogP contribution in [0.25, 0.3) is 0 Å². The van der Waals surface area contributed by atoms with Gasteiger partial charge in [0, 0.05) is 18.8 Å². The summed E-state index contributed by atoms with van der Waals surface area (Å²) >= 11 is 0. The van der Waals surface area contributed by atoms with Crippen LogP contribution in [0.2, 0.25) is 0 Å². The van der Waals surface area contributed by atoms with Crippen LogP contribution < -0.4 is 4.74 Å². The van der Waals surface area contributed by atoms with Gasteiger partial charge in [-0.3, -0.25) is 9.59 Å². The molecule has 0 aliphatic heterocycles. The fraction of sp³-hybridized carbons (Fsp3) is 0.640. The van der Waals surface area contributed by atoms with E-state index in [1.807, 2.05) is 33.8 Å². The zero-order valence-corrected chi connectivity index (χ0v) is 18.8. The molecule has 0 radical (unpaired) electrons. The third-order valence-electron chi connectivity index (χ3n) is 6.75. The van der Waals surface area contributed by atoms with Gasteiger partial charge < -0.3 is 14.9 Å². The lowest BCUT2D eigenvalue weighted by atomic mass is 9.58. The van der Waals surface area contributed by atoms with Gasteiger partial charge in [-0.1, -0.05) is 45.9 Å². The van der Waals surface area contributed by atoms with Crippen LogP contribution in [0, 0.1) is 34.0 Å². The third kappa shape index (κ3) is 4.99. The normalized spacial score (nSPS) is 31.0. The highest BCUT2D eigenvalue weighted by Gasteiger charge is 2.52. The predicted molar refractivity (Wildman–Crippen MR) is 115 cm³/mol. The molecule has 5 atom stereocenters. The molecule has 168 valence electrons. The summed E-state index contributed by atoms with van der Waals surface area (Å²) in [4.78, 5) is 26.6. The Morgan fingerprint density at radius 1 is 1.00 bits per heavy atom. The van der Waals surface area contributed by atoms with Crippen molar-refractivity contribution in [2.75, 3.05) is 6.61 Å². The summed E-state index contributed by atoms with van der Waals surface area (Å²) in [5.41, 5.74) is -0.0659. The van der Waals surface area contributed by atoms with Crippen LogP contribution in [0.3, 0.4) is 0 Å². The van der Waals surface area contributed by atoms with Crippen LogP contribution in [0.15, 0.2) is 24.3 Å². The highest BCUT2D eigenvalue weighted by Crippen LogP contribution is 2.51. The molecule has 0 bridgehead atoms. The third-order valence-corrected chi connectivity index (χ3v) is 6.75. The Labute approximate surface area is 184 Å². The number of aliphatic hydroxyl groups is 2. The standard InChI is InChI=1S/C25H33NO5/c1-24(2)11-16(27)22(17(28)12-24)21(15-7-5-6-8-20(15)31-10-9-26)23-18(29)13-25(3,4)14-19(23)30/h5-8,16,18,21-23,27,29H,10-14H2,1-4H3/t16-,18+,21?,22+,23-. The zero-order chi connectivity index (χ0) is 23.0. The molecule has 6 heteroatoms. The highest BCUT2D eigenvalue weighted by molar-refractivity contribution is 5.88. The van der Waals surface area contributed by atoms with Crippen LogP contribution in [-0.4, -0.2) is 40.6 Å². The molecule has 2 aliphatic rings. The summed E-state index contributed by atoms with van der Waals surface area (Å²) in [6.07, 6.45) is -0.391. The average Bonchev–Trinajstić information content (AvgIpc) is 2.62. The number of aliphatic hydroxyl groups excluding tert-OH is 2. The second-order valence-electron chi connectivity index (χ2n) is 10.7. The minimum absolute atomic E-state index is 0.103. The van der Waals surface area contributed by atoms with Gasteiger partial charge in [-0.25, -0.2) is 0 Å². The van der Waals surface area contributed by atoms with Crippen molar-refractivity contribution in [2.24, 2.45) is 22.7 Å². The van der Waals surface area contributed by atoms with Gasteiger partial charge in [0.25, 0.3) is 0 Å². The Morgan fingerprint density at radius 2 is 1.48 bits per heavy atom. The second-order valence-corrected chi connectivity index (χ2v) is 10.7. The van der Waals surface area contributed by atoms with Crippen LogP contribution in [0.5, 0.6) is 5.75 Å². The summed E-state index contributed by atoms with van der Waals surface area (Å²) in [6.45, 7) is 7.63. The lowest BCUT2D eigenvalue weighted by molar-refractivity contribution is -0.144. The van der Waals surface area contributed by atoms with Crippen LogP contribution in [0.1, 0.15) is 64.9 Å². The highest BCUT2D eigenvalue weighted by atomic mass is 16.5. The summed E-state index contributed by atoms with van der Waals surface area (Å²) < 4.78 is 5.62. The topological polar surface area (TPSA) is 108 Å². The summed E-state index contributed by atoms with van der Waals surface area (Å²) in [5.74, 6) is -2.15. The maximum absolute atomic E-state index is 13.3. The van der Waals surface area contributed by atoms with Crippen molar-refractivity contribution in [3.8, 4) is 11.8 Å². The number of hydrogen-bond acceptors (Lipinski definition) is 6. The van der Waals surface area contributed by atoms with E-state index in [9.17, 15) is 19.8 Å². The molecule has 6 nitrogen and oxygen atoms in total. The SMILES string of the molecule is CC1(C)CC(=O)[C@@H](C(c2ccccc2OCC#N)[C@H]2C(=O)CC(C)(C)C[C@@H]2O)[C@H](O)C1. The first-order valence-electron chi connectivity index (χ1n) is 11.0. The maximum atomic E-state index is 13.3. The molecule has 0 heterocycles. The molecule has 2 N–H and O–H groups in total. The largest absolute Gasteiger partial charge is 0.478 e. The van der Waals surface area contributed by atoms with E-state index in [1.165, 1.54) is 0 Å². The first-order valence-corrected chi connectivity index (χ1v) is 11.0. The van der Waals surface area contributed by atoms with Crippen molar-refractivity contribution >= 4 is 11.6 Å². The summed E-state index contributed by atoms with van der Waals surface area (Å²) in [5, 5.41) is 31.1. The van der Waals surface area contributed by atoms with Crippen molar-refractivity contribution < 1.29 is 24.5 Å². The summed E-state index contributed by atoms with van der Waals surface area (Å²) in [6, 6.07) is 8.97. The van der Waals surface area contributed by atoms with Crippen LogP contribution >= 0.6 is 0 Å². The number of rotatable bonds is 5. The number of Topliss-reactive ketones (excluding diaryl/α,β-unsaturated/α-hetero) is 2. The molecule has 1 aromatic rings. The Hall–Kier alpha value is -2.23. The molecule has 2 saturated carbocycles. The Kier molecular flexibility index (Phi) is 6.59. The molecule has 0 aromatic heterocycles. The van der Waals surface area contributed by atoms with Gasteiger partial charge in [-0.05, 0) is 35.3 Å². The van der Waals surface area contributed by atoms with Crippen LogP contribution in [-0.2, 0) is 9.59 Å². The number of para-hydroxylation sites is 1. The minimum Gasteiger partial charge on any atom is -0.478 e. The van der Waals surface area contributed by atoms with Gasteiger partial charge >= 0.3 is 0 Å². The molecule has 0 spiro atoms. The van der Waals surface area contributed by atoms with Gasteiger partial charge in [-0.15, -0.1) is 0 Å². The van der Waals surface area contributed by atoms with E-state index in [0.29, 0.717) is 37.0 Å². The molecule has 31 heavy (non-hydrogen) atoms.